The Morgan fingerprint density at radius 3 is 1.79 bits per heavy atom. The van der Waals surface area contributed by atoms with Gasteiger partial charge in [-0.2, -0.15) is 0 Å². The highest BCUT2D eigenvalue weighted by atomic mass is 32.1. The highest BCUT2D eigenvalue weighted by Gasteiger charge is 2.16. The van der Waals surface area contributed by atoms with Crippen molar-refractivity contribution < 1.29 is 19.1 Å². The molecular formula is C35H30N6O4S2. The number of hydrogen-bond donors (Lipinski definition) is 2. The first-order valence-corrected chi connectivity index (χ1v) is 16.3. The first-order valence-electron chi connectivity index (χ1n) is 14.5. The topological polar surface area (TPSA) is 128 Å². The smallest absolute Gasteiger partial charge is 0.343 e. The fraction of sp³-hybridized carbons (Fsp3) is 0.143. The van der Waals surface area contributed by atoms with Gasteiger partial charge in [0, 0.05) is 45.4 Å². The number of nitrogens with zero attached hydrogens (tertiary/aromatic N) is 4. The Kier molecular flexibility index (Phi) is 9.05. The Balaban J connectivity index is 1.13. The summed E-state index contributed by atoms with van der Waals surface area (Å²) in [7, 11) is 1.36. The van der Waals surface area contributed by atoms with E-state index in [1.165, 1.54) is 29.8 Å². The van der Waals surface area contributed by atoms with Crippen LogP contribution in [-0.2, 0) is 4.74 Å². The average molecular weight is 663 g/mol. The summed E-state index contributed by atoms with van der Waals surface area (Å²) in [4.78, 5) is 43.6. The minimum atomic E-state index is -0.473. The summed E-state index contributed by atoms with van der Waals surface area (Å²) in [6, 6.07) is 20.2. The second kappa shape index (κ2) is 13.5. The van der Waals surface area contributed by atoms with E-state index in [0.717, 1.165) is 50.3 Å². The maximum absolute atomic E-state index is 13.2. The van der Waals surface area contributed by atoms with Crippen LogP contribution in [0.4, 0.5) is 21.9 Å². The molecule has 6 rings (SSSR count). The van der Waals surface area contributed by atoms with Crippen LogP contribution >= 0.6 is 22.7 Å². The van der Waals surface area contributed by atoms with Gasteiger partial charge in [0.2, 0.25) is 0 Å². The van der Waals surface area contributed by atoms with E-state index in [9.17, 15) is 9.59 Å². The number of thiazole rings is 2. The Labute approximate surface area is 279 Å². The van der Waals surface area contributed by atoms with Gasteiger partial charge in [-0.3, -0.25) is 0 Å². The van der Waals surface area contributed by atoms with Crippen LogP contribution in [0.25, 0.3) is 22.5 Å². The molecule has 0 fully saturated rings. The second-order valence-electron chi connectivity index (χ2n) is 10.8. The van der Waals surface area contributed by atoms with Crippen LogP contribution in [-0.4, -0.2) is 39.0 Å². The monoisotopic (exact) mass is 662 g/mol. The number of pyridine rings is 2. The SMILES string of the molecule is COC(=O)c1ccc(-c2csc(Nc3cc(OC(=O)c4ccc(-c5csc(Nc6cccc(C)n6)n5)cc4C)cc(C)n3)n2)cc1C. The van der Waals surface area contributed by atoms with Crippen LogP contribution in [0.3, 0.4) is 0 Å². The molecule has 0 radical (unpaired) electrons. The van der Waals surface area contributed by atoms with Crippen molar-refractivity contribution in [3.8, 4) is 28.3 Å². The van der Waals surface area contributed by atoms with Gasteiger partial charge < -0.3 is 20.1 Å². The maximum Gasteiger partial charge on any atom is 0.343 e. The fourth-order valence-corrected chi connectivity index (χ4v) is 6.35. The Bertz CT molecular complexity index is 2120. The zero-order valence-electron chi connectivity index (χ0n) is 26.2. The van der Waals surface area contributed by atoms with Gasteiger partial charge in [0.05, 0.1) is 29.6 Å². The first-order chi connectivity index (χ1) is 22.6. The number of benzene rings is 2. The largest absolute Gasteiger partial charge is 0.465 e. The number of aromatic nitrogens is 4. The van der Waals surface area contributed by atoms with Crippen molar-refractivity contribution in [1.82, 2.24) is 19.9 Å². The molecule has 0 atom stereocenters. The average Bonchev–Trinajstić information content (AvgIpc) is 3.70. The Hall–Kier alpha value is -5.46. The van der Waals surface area contributed by atoms with Crippen LogP contribution in [0.1, 0.15) is 43.2 Å². The van der Waals surface area contributed by atoms with E-state index in [0.29, 0.717) is 33.5 Å². The Morgan fingerprint density at radius 2 is 1.21 bits per heavy atom. The van der Waals surface area contributed by atoms with Crippen LogP contribution in [0.5, 0.6) is 5.75 Å². The normalized spacial score (nSPS) is 10.8. The standard InChI is InChI=1S/C35H30N6O4S2/c1-19-13-23(9-11-26(19)32(42)44-5)29-18-47-35(39-29)41-31-16-25(15-22(4)37-31)45-33(43)27-12-10-24(14-20(27)2)28-17-46-34(38-28)40-30-8-6-7-21(3)36-30/h6-18H,1-5H3,(H,36,38,40)(H,37,39,41). The van der Waals surface area contributed by atoms with E-state index >= 15 is 0 Å². The molecule has 0 aliphatic carbocycles. The van der Waals surface area contributed by atoms with E-state index in [-0.39, 0.29) is 5.97 Å². The molecule has 0 saturated heterocycles. The van der Waals surface area contributed by atoms with Crippen molar-refractivity contribution in [2.24, 2.45) is 0 Å². The van der Waals surface area contributed by atoms with E-state index in [1.807, 2.05) is 80.9 Å². The van der Waals surface area contributed by atoms with Gasteiger partial charge in [0.1, 0.15) is 17.4 Å². The molecule has 0 amide bonds. The number of ether oxygens (including phenoxy) is 2. The van der Waals surface area contributed by atoms with Gasteiger partial charge in [-0.25, -0.2) is 29.5 Å². The van der Waals surface area contributed by atoms with Gasteiger partial charge >= 0.3 is 11.9 Å². The number of aryl methyl sites for hydroxylation is 4. The molecule has 4 heterocycles. The minimum absolute atomic E-state index is 0.360. The first kappa shape index (κ1) is 31.5. The molecule has 0 unspecified atom stereocenters. The van der Waals surface area contributed by atoms with Gasteiger partial charge in [-0.15, -0.1) is 22.7 Å². The summed E-state index contributed by atoms with van der Waals surface area (Å²) in [6.07, 6.45) is 0. The van der Waals surface area contributed by atoms with Gasteiger partial charge in [0.15, 0.2) is 10.3 Å². The van der Waals surface area contributed by atoms with Crippen molar-refractivity contribution >= 4 is 56.5 Å². The minimum Gasteiger partial charge on any atom is -0.465 e. The van der Waals surface area contributed by atoms with Crippen LogP contribution in [0, 0.1) is 27.7 Å². The fourth-order valence-electron chi connectivity index (χ4n) is 4.90. The molecule has 47 heavy (non-hydrogen) atoms. The molecule has 4 aromatic heterocycles. The lowest BCUT2D eigenvalue weighted by Crippen LogP contribution is -2.11. The molecular weight excluding hydrogens is 633 g/mol. The molecule has 0 aliphatic heterocycles. The highest BCUT2D eigenvalue weighted by Crippen LogP contribution is 2.31. The molecule has 12 heteroatoms. The van der Waals surface area contributed by atoms with Crippen LogP contribution in [0.2, 0.25) is 0 Å². The molecule has 10 nitrogen and oxygen atoms in total. The molecule has 236 valence electrons. The second-order valence-corrected chi connectivity index (χ2v) is 12.5. The lowest BCUT2D eigenvalue weighted by Gasteiger charge is -2.10. The number of hydrogen-bond acceptors (Lipinski definition) is 12. The zero-order chi connectivity index (χ0) is 33.1. The third kappa shape index (κ3) is 7.35. The molecule has 0 bridgehead atoms. The van der Waals surface area contributed by atoms with Crippen molar-refractivity contribution in [1.29, 1.82) is 0 Å². The lowest BCUT2D eigenvalue weighted by atomic mass is 10.0. The number of methoxy groups -OCH3 is 1. The van der Waals surface area contributed by atoms with Crippen molar-refractivity contribution in [2.45, 2.75) is 27.7 Å². The van der Waals surface area contributed by atoms with Gasteiger partial charge in [-0.1, -0.05) is 18.2 Å². The molecule has 2 N–H and O–H groups in total. The summed E-state index contributed by atoms with van der Waals surface area (Å²) < 4.78 is 10.6. The summed E-state index contributed by atoms with van der Waals surface area (Å²) in [5, 5.41) is 11.7. The number of nitrogens with one attached hydrogen (secondary N) is 2. The summed E-state index contributed by atoms with van der Waals surface area (Å²) >= 11 is 2.90. The van der Waals surface area contributed by atoms with Crippen molar-refractivity contribution in [3.63, 3.8) is 0 Å². The number of anilines is 4. The summed E-state index contributed by atoms with van der Waals surface area (Å²) in [5.74, 6) is 0.740. The number of carbonyl (C=O) groups excluding carboxylic acids is 2. The van der Waals surface area contributed by atoms with Gasteiger partial charge in [-0.05, 0) is 75.2 Å². The molecule has 2 aromatic carbocycles. The molecule has 0 aliphatic rings. The maximum atomic E-state index is 13.2. The number of rotatable bonds is 9. The van der Waals surface area contributed by atoms with Crippen molar-refractivity contribution in [3.05, 3.63) is 111 Å². The molecule has 0 spiro atoms. The van der Waals surface area contributed by atoms with E-state index in [2.05, 4.69) is 25.6 Å². The molecule has 6 aromatic rings. The van der Waals surface area contributed by atoms with E-state index in [4.69, 9.17) is 14.5 Å². The quantitative estimate of drug-likeness (QED) is 0.146. The highest BCUT2D eigenvalue weighted by molar-refractivity contribution is 7.14. The van der Waals surface area contributed by atoms with Crippen LogP contribution in [0.15, 0.2) is 77.5 Å². The number of carbonyl (C=O) groups is 2. The lowest BCUT2D eigenvalue weighted by molar-refractivity contribution is 0.0599. The third-order valence-corrected chi connectivity index (χ3v) is 8.69. The summed E-state index contributed by atoms with van der Waals surface area (Å²) in [6.45, 7) is 7.50. The Morgan fingerprint density at radius 1 is 0.638 bits per heavy atom. The predicted octanol–water partition coefficient (Wildman–Crippen LogP) is 8.45. The van der Waals surface area contributed by atoms with E-state index in [1.54, 1.807) is 24.3 Å². The predicted molar refractivity (Wildman–Crippen MR) is 185 cm³/mol. The zero-order valence-corrected chi connectivity index (χ0v) is 27.9. The molecule has 0 saturated carbocycles. The van der Waals surface area contributed by atoms with Crippen LogP contribution < -0.4 is 15.4 Å². The van der Waals surface area contributed by atoms with E-state index < -0.39 is 5.97 Å². The number of esters is 2. The van der Waals surface area contributed by atoms with Crippen molar-refractivity contribution in [2.75, 3.05) is 17.7 Å². The third-order valence-electron chi connectivity index (χ3n) is 7.17. The summed E-state index contributed by atoms with van der Waals surface area (Å²) in [5.41, 5.74) is 7.45. The van der Waals surface area contributed by atoms with Gasteiger partial charge in [0.25, 0.3) is 0 Å².